The van der Waals surface area contributed by atoms with Crippen LogP contribution in [-0.2, 0) is 9.53 Å². The first-order valence-electron chi connectivity index (χ1n) is 11.3. The Hall–Kier alpha value is -3.90. The van der Waals surface area contributed by atoms with E-state index in [4.69, 9.17) is 21.3 Å². The van der Waals surface area contributed by atoms with Crippen molar-refractivity contribution in [1.82, 2.24) is 5.32 Å². The molecular weight excluding hydrogens is 474 g/mol. The molecule has 1 amide bonds. The van der Waals surface area contributed by atoms with E-state index in [1.54, 1.807) is 44.3 Å². The van der Waals surface area contributed by atoms with Crippen LogP contribution in [0.15, 0.2) is 95.3 Å². The molecule has 0 aromatic heterocycles. The van der Waals surface area contributed by atoms with E-state index in [9.17, 15) is 9.59 Å². The minimum absolute atomic E-state index is 0.00854. The quantitative estimate of drug-likeness (QED) is 0.0951. The number of hydrogen-bond donors (Lipinski definition) is 2. The lowest BCUT2D eigenvalue weighted by atomic mass is 9.99. The number of methoxy groups -OCH3 is 1. The van der Waals surface area contributed by atoms with Gasteiger partial charge < -0.3 is 15.4 Å². The molecule has 0 aliphatic carbocycles. The fraction of sp³-hybridized carbons (Fsp3) is 0.207. The van der Waals surface area contributed by atoms with Gasteiger partial charge in [-0.3, -0.25) is 14.6 Å². The highest BCUT2D eigenvalue weighted by atomic mass is 35.5. The molecule has 2 aromatic rings. The predicted octanol–water partition coefficient (Wildman–Crippen LogP) is 6.61. The number of anilines is 1. The molecule has 2 rings (SSSR count). The molecule has 0 heterocycles. The zero-order valence-electron chi connectivity index (χ0n) is 21.3. The van der Waals surface area contributed by atoms with E-state index in [2.05, 4.69) is 23.8 Å². The fourth-order valence-corrected chi connectivity index (χ4v) is 3.64. The number of carbonyl (C=O) groups is 2. The van der Waals surface area contributed by atoms with Crippen molar-refractivity contribution in [3.8, 4) is 0 Å². The maximum absolute atomic E-state index is 12.9. The van der Waals surface area contributed by atoms with Crippen molar-refractivity contribution in [2.45, 2.75) is 33.7 Å². The number of allylic oxidation sites excluding steroid dienone is 2. The molecule has 1 atom stereocenters. The molecule has 0 radical (unpaired) electrons. The molecule has 0 bridgehead atoms. The zero-order chi connectivity index (χ0) is 26.8. The van der Waals surface area contributed by atoms with Gasteiger partial charge in [0.25, 0.3) is 5.91 Å². The van der Waals surface area contributed by atoms with Crippen molar-refractivity contribution < 1.29 is 14.3 Å². The molecule has 36 heavy (non-hydrogen) atoms. The van der Waals surface area contributed by atoms with Crippen LogP contribution in [0, 0.1) is 6.92 Å². The van der Waals surface area contributed by atoms with Crippen molar-refractivity contribution >= 4 is 34.8 Å². The first-order valence-corrected chi connectivity index (χ1v) is 11.7. The minimum Gasteiger partial charge on any atom is -0.497 e. The Kier molecular flexibility index (Phi) is 10.4. The van der Waals surface area contributed by atoms with E-state index in [-0.39, 0.29) is 17.7 Å². The van der Waals surface area contributed by atoms with Gasteiger partial charge in [0.05, 0.1) is 18.7 Å². The summed E-state index contributed by atoms with van der Waals surface area (Å²) in [6.45, 7) is 14.5. The summed E-state index contributed by atoms with van der Waals surface area (Å²) in [5.41, 5.74) is 4.08. The van der Waals surface area contributed by atoms with Crippen LogP contribution in [0.1, 0.15) is 53.9 Å². The second-order valence-corrected chi connectivity index (χ2v) is 8.63. The molecule has 0 fully saturated rings. The number of amides is 1. The van der Waals surface area contributed by atoms with Crippen LogP contribution in [0.25, 0.3) is 0 Å². The highest BCUT2D eigenvalue weighted by Gasteiger charge is 2.15. The Balaban J connectivity index is 2.35. The summed E-state index contributed by atoms with van der Waals surface area (Å²) in [7, 11) is 1.50. The van der Waals surface area contributed by atoms with Gasteiger partial charge in [-0.2, -0.15) is 0 Å². The SMILES string of the molecule is C=CNC(=NC(C)c1cccc(NC(=O)C(/C=C\C(=C)OC)=C(/C)Cl)c1)c1cccc(C(C)=O)c1C. The number of nitrogens with zero attached hydrogens (tertiary/aromatic N) is 1. The molecule has 188 valence electrons. The van der Waals surface area contributed by atoms with Gasteiger partial charge in [0.2, 0.25) is 0 Å². The summed E-state index contributed by atoms with van der Waals surface area (Å²) in [5, 5.41) is 6.31. The number of hydrogen-bond acceptors (Lipinski definition) is 4. The number of aliphatic imine (C=N–C) groups is 1. The maximum atomic E-state index is 12.9. The van der Waals surface area contributed by atoms with E-state index in [1.165, 1.54) is 7.11 Å². The van der Waals surface area contributed by atoms with Crippen molar-refractivity contribution in [3.05, 3.63) is 113 Å². The monoisotopic (exact) mass is 505 g/mol. The number of halogens is 1. The lowest BCUT2D eigenvalue weighted by Gasteiger charge is -2.16. The maximum Gasteiger partial charge on any atom is 0.256 e. The van der Waals surface area contributed by atoms with Crippen molar-refractivity contribution in [3.63, 3.8) is 0 Å². The summed E-state index contributed by atoms with van der Waals surface area (Å²) < 4.78 is 5.01. The van der Waals surface area contributed by atoms with Crippen LogP contribution in [0.4, 0.5) is 5.69 Å². The van der Waals surface area contributed by atoms with Gasteiger partial charge in [-0.15, -0.1) is 0 Å². The third kappa shape index (κ3) is 7.55. The van der Waals surface area contributed by atoms with Gasteiger partial charge in [0.15, 0.2) is 5.78 Å². The highest BCUT2D eigenvalue weighted by molar-refractivity contribution is 6.32. The Morgan fingerprint density at radius 1 is 1.11 bits per heavy atom. The predicted molar refractivity (Wildman–Crippen MR) is 148 cm³/mol. The second-order valence-electron chi connectivity index (χ2n) is 8.07. The third-order valence-corrected chi connectivity index (χ3v) is 5.67. The number of Topliss-reactive ketones (excluding diaryl/α,β-unsaturated/α-hetero) is 1. The topological polar surface area (TPSA) is 79.8 Å². The van der Waals surface area contributed by atoms with Gasteiger partial charge in [0.1, 0.15) is 11.6 Å². The first kappa shape index (κ1) is 28.3. The summed E-state index contributed by atoms with van der Waals surface area (Å²) in [6, 6.07) is 12.7. The Morgan fingerprint density at radius 3 is 2.39 bits per heavy atom. The number of ketones is 1. The standard InChI is InChI=1S/C29H32ClN3O3/c1-8-31-28(26-14-10-13-25(19(26)3)22(6)34)32-21(5)23-11-9-12-24(17-23)33-29(35)27(20(4)30)16-15-18(2)36-7/h8-17,21H,1-2H2,3-7H3,(H,31,32)(H,33,35)/b16-15-,27-20-. The molecular formula is C29H32ClN3O3. The van der Waals surface area contributed by atoms with E-state index >= 15 is 0 Å². The van der Waals surface area contributed by atoms with E-state index in [0.717, 1.165) is 16.7 Å². The number of amidine groups is 1. The average Bonchev–Trinajstić information content (AvgIpc) is 2.83. The van der Waals surface area contributed by atoms with Crippen LogP contribution in [0.2, 0.25) is 0 Å². The normalized spacial score (nSPS) is 13.0. The summed E-state index contributed by atoms with van der Waals surface area (Å²) in [4.78, 5) is 29.7. The number of carbonyl (C=O) groups excluding carboxylic acids is 2. The van der Waals surface area contributed by atoms with Crippen molar-refractivity contribution in [1.29, 1.82) is 0 Å². The van der Waals surface area contributed by atoms with E-state index in [0.29, 0.717) is 33.5 Å². The second kappa shape index (κ2) is 13.3. The van der Waals surface area contributed by atoms with Crippen LogP contribution >= 0.6 is 11.6 Å². The van der Waals surface area contributed by atoms with Gasteiger partial charge in [-0.25, -0.2) is 0 Å². The molecule has 1 unspecified atom stereocenters. The average molecular weight is 506 g/mol. The molecule has 0 saturated heterocycles. The first-order chi connectivity index (χ1) is 17.1. The van der Waals surface area contributed by atoms with Gasteiger partial charge >= 0.3 is 0 Å². The van der Waals surface area contributed by atoms with Gasteiger partial charge in [-0.05, 0) is 69.3 Å². The number of nitrogens with one attached hydrogen (secondary N) is 2. The van der Waals surface area contributed by atoms with Crippen molar-refractivity contribution in [2.75, 3.05) is 12.4 Å². The molecule has 2 N–H and O–H groups in total. The molecule has 6 nitrogen and oxygen atoms in total. The zero-order valence-corrected chi connectivity index (χ0v) is 22.1. The van der Waals surface area contributed by atoms with Crippen LogP contribution in [0.5, 0.6) is 0 Å². The fourth-order valence-electron chi connectivity index (χ4n) is 3.49. The van der Waals surface area contributed by atoms with Crippen LogP contribution in [-0.4, -0.2) is 24.6 Å². The van der Waals surface area contributed by atoms with Crippen LogP contribution < -0.4 is 10.6 Å². The Morgan fingerprint density at radius 2 is 1.78 bits per heavy atom. The minimum atomic E-state index is -0.360. The van der Waals surface area contributed by atoms with Gasteiger partial charge in [0, 0.05) is 21.8 Å². The van der Waals surface area contributed by atoms with Crippen LogP contribution in [0.3, 0.4) is 0 Å². The Labute approximate surface area is 218 Å². The summed E-state index contributed by atoms with van der Waals surface area (Å²) in [5.74, 6) is 0.631. The summed E-state index contributed by atoms with van der Waals surface area (Å²) >= 11 is 6.15. The number of benzene rings is 2. The lowest BCUT2D eigenvalue weighted by Crippen LogP contribution is -2.21. The van der Waals surface area contributed by atoms with Crippen molar-refractivity contribution in [2.24, 2.45) is 4.99 Å². The third-order valence-electron chi connectivity index (χ3n) is 5.47. The van der Waals surface area contributed by atoms with Gasteiger partial charge in [-0.1, -0.05) is 55.1 Å². The van der Waals surface area contributed by atoms with E-state index in [1.807, 2.05) is 44.2 Å². The largest absolute Gasteiger partial charge is 0.497 e. The molecule has 0 spiro atoms. The Bertz CT molecular complexity index is 1250. The molecule has 0 aliphatic heterocycles. The molecule has 2 aromatic carbocycles. The smallest absolute Gasteiger partial charge is 0.256 e. The number of rotatable bonds is 10. The lowest BCUT2D eigenvalue weighted by molar-refractivity contribution is -0.112. The van der Waals surface area contributed by atoms with E-state index < -0.39 is 0 Å². The molecule has 7 heteroatoms. The molecule has 0 saturated carbocycles. The summed E-state index contributed by atoms with van der Waals surface area (Å²) in [6.07, 6.45) is 4.69. The molecule has 0 aliphatic rings. The highest BCUT2D eigenvalue weighted by Crippen LogP contribution is 2.24. The number of ether oxygens (including phenoxy) is 1.